The zero-order chi connectivity index (χ0) is 16.8. The lowest BCUT2D eigenvalue weighted by Gasteiger charge is -2.30. The number of carboxylic acids is 1. The quantitative estimate of drug-likeness (QED) is 0.808. The van der Waals surface area contributed by atoms with Gasteiger partial charge in [0.2, 0.25) is 5.91 Å². The summed E-state index contributed by atoms with van der Waals surface area (Å²) in [5, 5.41) is 9.73. The van der Waals surface area contributed by atoms with E-state index in [0.717, 1.165) is 17.7 Å². The highest BCUT2D eigenvalue weighted by Crippen LogP contribution is 2.22. The number of aliphatic carboxylic acids is 1. The van der Waals surface area contributed by atoms with Crippen LogP contribution < -0.4 is 4.74 Å². The number of benzene rings is 1. The van der Waals surface area contributed by atoms with Crippen LogP contribution in [-0.2, 0) is 9.59 Å². The molecule has 1 aromatic rings. The molecule has 1 atom stereocenters. The molecule has 1 saturated heterocycles. The van der Waals surface area contributed by atoms with E-state index in [0.29, 0.717) is 44.0 Å². The molecule has 1 heterocycles. The fraction of sp³-hybridized carbons (Fsp3) is 0.529. The fourth-order valence-corrected chi connectivity index (χ4v) is 2.97. The number of hydrogen-bond acceptors (Lipinski definition) is 3. The predicted octanol–water partition coefficient (Wildman–Crippen LogP) is 3.13. The number of carbonyl (C=O) groups excluding carboxylic acids is 1. The number of hydrogen-bond donors (Lipinski definition) is 1. The van der Waals surface area contributed by atoms with Crippen LogP contribution in [0.3, 0.4) is 0 Å². The van der Waals surface area contributed by atoms with Gasteiger partial charge in [0.25, 0.3) is 0 Å². The first-order valence-electron chi connectivity index (χ1n) is 7.87. The summed E-state index contributed by atoms with van der Waals surface area (Å²) in [6.07, 6.45) is 2.38. The number of aryl methyl sites for hydroxylation is 1. The molecular formula is C17H22ClNO4. The minimum absolute atomic E-state index is 0.00683. The van der Waals surface area contributed by atoms with E-state index in [1.54, 1.807) is 11.0 Å². The lowest BCUT2D eigenvalue weighted by molar-refractivity contribution is -0.145. The molecule has 0 aliphatic carbocycles. The van der Waals surface area contributed by atoms with Gasteiger partial charge in [0.1, 0.15) is 5.75 Å². The maximum Gasteiger partial charge on any atom is 0.308 e. The summed E-state index contributed by atoms with van der Waals surface area (Å²) in [6.45, 7) is 3.35. The van der Waals surface area contributed by atoms with Gasteiger partial charge in [0.15, 0.2) is 0 Å². The van der Waals surface area contributed by atoms with Crippen LogP contribution in [-0.4, -0.2) is 41.6 Å². The third-order valence-electron chi connectivity index (χ3n) is 4.05. The second-order valence-corrected chi connectivity index (χ2v) is 6.32. The normalized spacial score (nSPS) is 17.8. The monoisotopic (exact) mass is 339 g/mol. The SMILES string of the molecule is Cc1cc(Cl)ccc1OCCCC(=O)N1CCC[C@@H](C(=O)O)C1. The zero-order valence-electron chi connectivity index (χ0n) is 13.3. The molecule has 1 aliphatic rings. The highest BCUT2D eigenvalue weighted by molar-refractivity contribution is 6.30. The van der Waals surface area contributed by atoms with Gasteiger partial charge in [0.05, 0.1) is 12.5 Å². The van der Waals surface area contributed by atoms with Gasteiger partial charge in [-0.3, -0.25) is 9.59 Å². The number of carboxylic acid groups (broad SMARTS) is 1. The Morgan fingerprint density at radius 3 is 2.91 bits per heavy atom. The van der Waals surface area contributed by atoms with Gasteiger partial charge in [-0.05, 0) is 49.9 Å². The molecular weight excluding hydrogens is 318 g/mol. The average molecular weight is 340 g/mol. The largest absolute Gasteiger partial charge is 0.493 e. The maximum absolute atomic E-state index is 12.1. The molecule has 0 bridgehead atoms. The first-order valence-corrected chi connectivity index (χ1v) is 8.24. The predicted molar refractivity (Wildman–Crippen MR) is 87.9 cm³/mol. The molecule has 2 rings (SSSR count). The van der Waals surface area contributed by atoms with Crippen LogP contribution in [0.15, 0.2) is 18.2 Å². The Morgan fingerprint density at radius 1 is 1.43 bits per heavy atom. The van der Waals surface area contributed by atoms with Crippen molar-refractivity contribution in [2.24, 2.45) is 5.92 Å². The Morgan fingerprint density at radius 2 is 2.22 bits per heavy atom. The van der Waals surface area contributed by atoms with Gasteiger partial charge in [-0.25, -0.2) is 0 Å². The van der Waals surface area contributed by atoms with Crippen LogP contribution in [0.5, 0.6) is 5.75 Å². The van der Waals surface area contributed by atoms with Crippen molar-refractivity contribution in [3.63, 3.8) is 0 Å². The molecule has 23 heavy (non-hydrogen) atoms. The molecule has 0 radical (unpaired) electrons. The first kappa shape index (κ1) is 17.6. The van der Waals surface area contributed by atoms with E-state index in [9.17, 15) is 9.59 Å². The Labute approximate surface area is 141 Å². The van der Waals surface area contributed by atoms with Crippen molar-refractivity contribution in [3.8, 4) is 5.75 Å². The standard InChI is InChI=1S/C17H22ClNO4/c1-12-10-14(18)6-7-15(12)23-9-3-5-16(20)19-8-2-4-13(11-19)17(21)22/h6-7,10,13H,2-5,8-9,11H2,1H3,(H,21,22)/t13-/m1/s1. The number of ether oxygens (including phenoxy) is 1. The van der Waals surface area contributed by atoms with Gasteiger partial charge in [-0.2, -0.15) is 0 Å². The third-order valence-corrected chi connectivity index (χ3v) is 4.29. The molecule has 6 heteroatoms. The Bertz CT molecular complexity index is 576. The smallest absolute Gasteiger partial charge is 0.308 e. The van der Waals surface area contributed by atoms with Crippen LogP contribution >= 0.6 is 11.6 Å². The van der Waals surface area contributed by atoms with E-state index in [2.05, 4.69) is 0 Å². The number of nitrogens with zero attached hydrogens (tertiary/aromatic N) is 1. The molecule has 1 aromatic carbocycles. The van der Waals surface area contributed by atoms with Crippen molar-refractivity contribution in [2.45, 2.75) is 32.6 Å². The lowest BCUT2D eigenvalue weighted by atomic mass is 9.98. The summed E-state index contributed by atoms with van der Waals surface area (Å²) >= 11 is 5.89. The van der Waals surface area contributed by atoms with Crippen molar-refractivity contribution >= 4 is 23.5 Å². The van der Waals surface area contributed by atoms with E-state index in [1.807, 2.05) is 19.1 Å². The van der Waals surface area contributed by atoms with Crippen LogP contribution in [0, 0.1) is 12.8 Å². The summed E-state index contributed by atoms with van der Waals surface area (Å²) in [6, 6.07) is 5.43. The van der Waals surface area contributed by atoms with Gasteiger partial charge >= 0.3 is 5.97 Å². The van der Waals surface area contributed by atoms with Crippen LogP contribution in [0.4, 0.5) is 0 Å². The van der Waals surface area contributed by atoms with E-state index in [4.69, 9.17) is 21.4 Å². The van der Waals surface area contributed by atoms with Crippen LogP contribution in [0.25, 0.3) is 0 Å². The molecule has 0 aromatic heterocycles. The van der Waals surface area contributed by atoms with Crippen molar-refractivity contribution in [2.75, 3.05) is 19.7 Å². The first-order chi connectivity index (χ1) is 11.0. The minimum atomic E-state index is -0.816. The van der Waals surface area contributed by atoms with E-state index in [1.165, 1.54) is 0 Å². The number of halogens is 1. The van der Waals surface area contributed by atoms with Crippen molar-refractivity contribution < 1.29 is 19.4 Å². The molecule has 1 N–H and O–H groups in total. The summed E-state index contributed by atoms with van der Waals surface area (Å²) in [5.41, 5.74) is 0.962. The van der Waals surface area contributed by atoms with E-state index in [-0.39, 0.29) is 5.91 Å². The van der Waals surface area contributed by atoms with Gasteiger partial charge < -0.3 is 14.7 Å². The van der Waals surface area contributed by atoms with Gasteiger partial charge in [0, 0.05) is 24.5 Å². The Kier molecular flexibility index (Phi) is 6.28. The maximum atomic E-state index is 12.1. The van der Waals surface area contributed by atoms with E-state index >= 15 is 0 Å². The summed E-state index contributed by atoms with van der Waals surface area (Å²) < 4.78 is 5.67. The lowest BCUT2D eigenvalue weighted by Crippen LogP contribution is -2.42. The van der Waals surface area contributed by atoms with Crippen molar-refractivity contribution in [3.05, 3.63) is 28.8 Å². The fourth-order valence-electron chi connectivity index (χ4n) is 2.74. The molecule has 0 unspecified atom stereocenters. The van der Waals surface area contributed by atoms with Gasteiger partial charge in [-0.1, -0.05) is 11.6 Å². The van der Waals surface area contributed by atoms with Crippen LogP contribution in [0.2, 0.25) is 5.02 Å². The summed E-state index contributed by atoms with van der Waals surface area (Å²) in [5.74, 6) is -0.470. The second kappa shape index (κ2) is 8.20. The molecule has 1 fully saturated rings. The molecule has 126 valence electrons. The molecule has 0 spiro atoms. The summed E-state index contributed by atoms with van der Waals surface area (Å²) in [4.78, 5) is 24.8. The topological polar surface area (TPSA) is 66.8 Å². The highest BCUT2D eigenvalue weighted by Gasteiger charge is 2.27. The Hall–Kier alpha value is -1.75. The molecule has 1 aliphatic heterocycles. The minimum Gasteiger partial charge on any atom is -0.493 e. The van der Waals surface area contributed by atoms with Crippen LogP contribution in [0.1, 0.15) is 31.2 Å². The average Bonchev–Trinajstić information content (AvgIpc) is 2.53. The zero-order valence-corrected chi connectivity index (χ0v) is 14.0. The number of likely N-dealkylation sites (tertiary alicyclic amines) is 1. The number of piperidine rings is 1. The number of rotatable bonds is 6. The molecule has 5 nitrogen and oxygen atoms in total. The van der Waals surface area contributed by atoms with E-state index < -0.39 is 11.9 Å². The number of amides is 1. The third kappa shape index (κ3) is 5.13. The highest BCUT2D eigenvalue weighted by atomic mass is 35.5. The molecule has 0 saturated carbocycles. The van der Waals surface area contributed by atoms with Gasteiger partial charge in [-0.15, -0.1) is 0 Å². The van der Waals surface area contributed by atoms with Crippen molar-refractivity contribution in [1.29, 1.82) is 0 Å². The number of carbonyl (C=O) groups is 2. The second-order valence-electron chi connectivity index (χ2n) is 5.88. The van der Waals surface area contributed by atoms with Crippen molar-refractivity contribution in [1.82, 2.24) is 4.90 Å². The summed E-state index contributed by atoms with van der Waals surface area (Å²) in [7, 11) is 0. The Balaban J connectivity index is 1.73. The molecule has 1 amide bonds.